The smallest absolute Gasteiger partial charge is 0.232 e. The van der Waals surface area contributed by atoms with E-state index < -0.39 is 0 Å². The van der Waals surface area contributed by atoms with Gasteiger partial charge in [0.1, 0.15) is 0 Å². The van der Waals surface area contributed by atoms with Crippen molar-refractivity contribution in [3.05, 3.63) is 0 Å². The largest absolute Gasteiger partial charge is 0.384 e. The molecule has 0 aromatic heterocycles. The van der Waals surface area contributed by atoms with Gasteiger partial charge in [-0.25, -0.2) is 0 Å². The minimum absolute atomic E-state index is 0.299. The first-order valence-electron chi connectivity index (χ1n) is 7.08. The minimum atomic E-state index is -0.310. The number of nitrogens with one attached hydrogen (secondary N) is 1. The molecule has 3 atom stereocenters. The molecule has 2 rings (SSSR count). The Morgan fingerprint density at radius 2 is 2.22 bits per heavy atom. The number of hydrogen-bond acceptors (Lipinski definition) is 3. The van der Waals surface area contributed by atoms with Gasteiger partial charge in [0.15, 0.2) is 0 Å². The fraction of sp³-hybridized carbons (Fsp3) is 0.929. The lowest BCUT2D eigenvalue weighted by Crippen LogP contribution is -2.51. The van der Waals surface area contributed by atoms with Crippen LogP contribution in [-0.4, -0.2) is 50.7 Å². The number of carbonyl (C=O) groups is 1. The number of rotatable bonds is 3. The Morgan fingerprint density at radius 3 is 2.78 bits per heavy atom. The van der Waals surface area contributed by atoms with Crippen LogP contribution in [0.5, 0.6) is 0 Å². The van der Waals surface area contributed by atoms with Gasteiger partial charge in [-0.1, -0.05) is 13.8 Å². The average Bonchev–Trinajstić information content (AvgIpc) is 2.82. The Morgan fingerprint density at radius 1 is 1.44 bits per heavy atom. The number of hydrogen-bond donors (Lipinski definition) is 1. The van der Waals surface area contributed by atoms with Crippen molar-refractivity contribution in [2.24, 2.45) is 17.3 Å². The fourth-order valence-corrected chi connectivity index (χ4v) is 3.17. The summed E-state index contributed by atoms with van der Waals surface area (Å²) in [5.74, 6) is 1.64. The molecule has 0 aromatic carbocycles. The number of nitrogens with zero attached hydrogens (tertiary/aromatic N) is 1. The lowest BCUT2D eigenvalue weighted by atomic mass is 9.83. The SMILES string of the molecule is COCC1(C(=O)N2CCC(C)C(C)C2)CCNC1. The van der Waals surface area contributed by atoms with Gasteiger partial charge >= 0.3 is 0 Å². The molecule has 2 aliphatic rings. The maximum absolute atomic E-state index is 12.8. The van der Waals surface area contributed by atoms with E-state index in [1.54, 1.807) is 7.11 Å². The van der Waals surface area contributed by atoms with Crippen molar-refractivity contribution >= 4 is 5.91 Å². The highest BCUT2D eigenvalue weighted by atomic mass is 16.5. The summed E-state index contributed by atoms with van der Waals surface area (Å²) in [7, 11) is 1.69. The van der Waals surface area contributed by atoms with Crippen LogP contribution >= 0.6 is 0 Å². The number of carbonyl (C=O) groups excluding carboxylic acids is 1. The molecule has 2 fully saturated rings. The van der Waals surface area contributed by atoms with Crippen molar-refractivity contribution in [2.75, 3.05) is 39.9 Å². The van der Waals surface area contributed by atoms with Crippen molar-refractivity contribution in [1.82, 2.24) is 10.2 Å². The Bertz CT molecular complexity index is 300. The van der Waals surface area contributed by atoms with Gasteiger partial charge in [-0.2, -0.15) is 0 Å². The number of likely N-dealkylation sites (tertiary alicyclic amines) is 1. The molecule has 0 aromatic rings. The molecule has 0 spiro atoms. The topological polar surface area (TPSA) is 41.6 Å². The number of ether oxygens (including phenoxy) is 1. The van der Waals surface area contributed by atoms with Gasteiger partial charge in [0.2, 0.25) is 5.91 Å². The molecular weight excluding hydrogens is 228 g/mol. The first-order chi connectivity index (χ1) is 8.59. The Kier molecular flexibility index (Phi) is 4.28. The predicted octanol–water partition coefficient (Wildman–Crippen LogP) is 1.12. The summed E-state index contributed by atoms with van der Waals surface area (Å²) in [6.07, 6.45) is 2.03. The molecule has 2 aliphatic heterocycles. The van der Waals surface area contributed by atoms with Gasteiger partial charge in [0.25, 0.3) is 0 Å². The molecule has 4 nitrogen and oxygen atoms in total. The van der Waals surface area contributed by atoms with Crippen LogP contribution in [0.3, 0.4) is 0 Å². The fourth-order valence-electron chi connectivity index (χ4n) is 3.17. The second-order valence-electron chi connectivity index (χ2n) is 6.13. The quantitative estimate of drug-likeness (QED) is 0.820. The molecule has 18 heavy (non-hydrogen) atoms. The van der Waals surface area contributed by atoms with E-state index in [1.807, 2.05) is 0 Å². The van der Waals surface area contributed by atoms with Crippen LogP contribution < -0.4 is 5.32 Å². The lowest BCUT2D eigenvalue weighted by molar-refractivity contribution is -0.146. The Labute approximate surface area is 110 Å². The van der Waals surface area contributed by atoms with Crippen LogP contribution in [-0.2, 0) is 9.53 Å². The molecule has 3 unspecified atom stereocenters. The highest BCUT2D eigenvalue weighted by Crippen LogP contribution is 2.31. The van der Waals surface area contributed by atoms with Crippen molar-refractivity contribution in [3.63, 3.8) is 0 Å². The lowest BCUT2D eigenvalue weighted by Gasteiger charge is -2.40. The molecule has 0 aliphatic carbocycles. The zero-order chi connectivity index (χ0) is 13.2. The molecule has 0 saturated carbocycles. The van der Waals surface area contributed by atoms with Gasteiger partial charge in [0, 0.05) is 26.7 Å². The zero-order valence-electron chi connectivity index (χ0n) is 11.9. The second-order valence-corrected chi connectivity index (χ2v) is 6.13. The van der Waals surface area contributed by atoms with Crippen LogP contribution in [0.15, 0.2) is 0 Å². The van der Waals surface area contributed by atoms with E-state index >= 15 is 0 Å². The van der Waals surface area contributed by atoms with Crippen LogP contribution in [0, 0.1) is 17.3 Å². The molecule has 0 bridgehead atoms. The highest BCUT2D eigenvalue weighted by molar-refractivity contribution is 5.83. The summed E-state index contributed by atoms with van der Waals surface area (Å²) < 4.78 is 5.30. The number of amides is 1. The van der Waals surface area contributed by atoms with Gasteiger partial charge < -0.3 is 15.0 Å². The van der Waals surface area contributed by atoms with Gasteiger partial charge in [0.05, 0.1) is 12.0 Å². The van der Waals surface area contributed by atoms with E-state index in [-0.39, 0.29) is 5.41 Å². The van der Waals surface area contributed by atoms with E-state index in [2.05, 4.69) is 24.1 Å². The molecule has 0 radical (unpaired) electrons. The molecule has 1 N–H and O–H groups in total. The van der Waals surface area contributed by atoms with E-state index in [9.17, 15) is 4.79 Å². The van der Waals surface area contributed by atoms with Gasteiger partial charge in [-0.15, -0.1) is 0 Å². The van der Waals surface area contributed by atoms with Crippen molar-refractivity contribution in [2.45, 2.75) is 26.7 Å². The predicted molar refractivity (Wildman–Crippen MR) is 71.3 cm³/mol. The van der Waals surface area contributed by atoms with Crippen LogP contribution in [0.2, 0.25) is 0 Å². The molecule has 104 valence electrons. The highest BCUT2D eigenvalue weighted by Gasteiger charge is 2.44. The van der Waals surface area contributed by atoms with Gasteiger partial charge in [-0.3, -0.25) is 4.79 Å². The van der Waals surface area contributed by atoms with Crippen molar-refractivity contribution in [1.29, 1.82) is 0 Å². The average molecular weight is 254 g/mol. The van der Waals surface area contributed by atoms with Crippen molar-refractivity contribution in [3.8, 4) is 0 Å². The monoisotopic (exact) mass is 254 g/mol. The van der Waals surface area contributed by atoms with Crippen LogP contribution in [0.4, 0.5) is 0 Å². The first-order valence-corrected chi connectivity index (χ1v) is 7.08. The first kappa shape index (κ1) is 13.8. The van der Waals surface area contributed by atoms with E-state index in [0.29, 0.717) is 18.4 Å². The Hall–Kier alpha value is -0.610. The second kappa shape index (κ2) is 5.57. The van der Waals surface area contributed by atoms with Crippen molar-refractivity contribution < 1.29 is 9.53 Å². The van der Waals surface area contributed by atoms with E-state index in [1.165, 1.54) is 0 Å². The molecular formula is C14H26N2O2. The number of piperidine rings is 1. The zero-order valence-corrected chi connectivity index (χ0v) is 11.9. The normalized spacial score (nSPS) is 36.9. The molecule has 2 saturated heterocycles. The minimum Gasteiger partial charge on any atom is -0.384 e. The summed E-state index contributed by atoms with van der Waals surface area (Å²) in [6.45, 7) is 8.59. The van der Waals surface area contributed by atoms with E-state index in [4.69, 9.17) is 4.74 Å². The summed E-state index contributed by atoms with van der Waals surface area (Å²) in [4.78, 5) is 14.8. The Balaban J connectivity index is 2.05. The van der Waals surface area contributed by atoms with E-state index in [0.717, 1.165) is 44.9 Å². The van der Waals surface area contributed by atoms with Crippen LogP contribution in [0.25, 0.3) is 0 Å². The number of methoxy groups -OCH3 is 1. The summed E-state index contributed by atoms with van der Waals surface area (Å²) in [6, 6.07) is 0. The van der Waals surface area contributed by atoms with Crippen LogP contribution in [0.1, 0.15) is 26.7 Å². The summed E-state index contributed by atoms with van der Waals surface area (Å²) >= 11 is 0. The van der Waals surface area contributed by atoms with Gasteiger partial charge in [-0.05, 0) is 31.2 Å². The summed E-state index contributed by atoms with van der Waals surface area (Å²) in [5.41, 5.74) is -0.310. The standard InChI is InChI=1S/C14H26N2O2/c1-11-4-7-16(8-12(11)2)13(17)14(10-18-3)5-6-15-9-14/h11-12,15H,4-10H2,1-3H3. The molecule has 4 heteroatoms. The molecule has 2 heterocycles. The maximum atomic E-state index is 12.8. The molecule has 1 amide bonds. The maximum Gasteiger partial charge on any atom is 0.232 e. The third-order valence-corrected chi connectivity index (χ3v) is 4.74. The third-order valence-electron chi connectivity index (χ3n) is 4.74. The summed E-state index contributed by atoms with van der Waals surface area (Å²) in [5, 5.41) is 3.31. The third kappa shape index (κ3) is 2.54.